The molecule has 0 bridgehead atoms. The number of nitrogens with one attached hydrogen (secondary N) is 1. The molecule has 0 amide bonds. The molecule has 6 heavy (non-hydrogen) atoms. The van der Waals surface area contributed by atoms with Crippen molar-refractivity contribution in [1.82, 2.24) is 5.23 Å². The summed E-state index contributed by atoms with van der Waals surface area (Å²) < 4.78 is 0. The number of hydrogen-bond donors (Lipinski definition) is 1. The maximum atomic E-state index is 5.03. The van der Waals surface area contributed by atoms with E-state index in [2.05, 4.69) is 12.2 Å². The van der Waals surface area contributed by atoms with Gasteiger partial charge < -0.3 is 5.23 Å². The summed E-state index contributed by atoms with van der Waals surface area (Å²) in [4.78, 5) is 0. The highest BCUT2D eigenvalue weighted by Crippen LogP contribution is 1.82. The summed E-state index contributed by atoms with van der Waals surface area (Å²) in [6.07, 6.45) is 1.09. The molecule has 2 radical (unpaired) electrons. The summed E-state index contributed by atoms with van der Waals surface area (Å²) in [5.74, 6) is 0. The van der Waals surface area contributed by atoms with Crippen molar-refractivity contribution in [2.75, 3.05) is 0 Å². The molecule has 0 fully saturated rings. The molecule has 2 heteroatoms. The van der Waals surface area contributed by atoms with Gasteiger partial charge in [-0.3, -0.25) is 0 Å². The second kappa shape index (κ2) is 3.22. The van der Waals surface area contributed by atoms with Crippen molar-refractivity contribution >= 4 is 7.98 Å². The third kappa shape index (κ3) is 2.27. The Balaban J connectivity index is 2.75. The highest BCUT2D eigenvalue weighted by molar-refractivity contribution is 6.04. The van der Waals surface area contributed by atoms with Crippen LogP contribution in [0.3, 0.4) is 0 Å². The lowest BCUT2D eigenvalue weighted by Gasteiger charge is -2.02. The lowest BCUT2D eigenvalue weighted by molar-refractivity contribution is 0.661. The molecule has 0 aliphatic carbocycles. The molecule has 1 N–H and O–H groups in total. The molecule has 0 aliphatic heterocycles. The van der Waals surface area contributed by atoms with Crippen molar-refractivity contribution in [3.05, 3.63) is 0 Å². The third-order valence-corrected chi connectivity index (χ3v) is 0.897. The monoisotopic (exact) mass is 83.1 g/mol. The SMILES string of the molecule is [B]NC(C)CC. The van der Waals surface area contributed by atoms with Crippen LogP contribution in [0.15, 0.2) is 0 Å². The zero-order valence-corrected chi connectivity index (χ0v) is 4.36. The Hall–Kier alpha value is 0.0249. The molecular formula is C4H10BN. The highest BCUT2D eigenvalue weighted by atomic mass is 14.8. The van der Waals surface area contributed by atoms with Crippen molar-refractivity contribution in [3.63, 3.8) is 0 Å². The summed E-state index contributed by atoms with van der Waals surface area (Å²) in [5, 5.41) is 2.61. The molecule has 34 valence electrons. The van der Waals surface area contributed by atoms with Gasteiger partial charge in [0.1, 0.15) is 0 Å². The standard InChI is InChI=1S/C4H10BN/c1-3-4(2)6-5/h4,6H,3H2,1-2H3. The highest BCUT2D eigenvalue weighted by Gasteiger charge is 1.86. The van der Waals surface area contributed by atoms with E-state index in [4.69, 9.17) is 7.98 Å². The van der Waals surface area contributed by atoms with Crippen LogP contribution in [0.1, 0.15) is 20.3 Å². The molecule has 0 saturated carbocycles. The maximum absolute atomic E-state index is 5.03. The minimum atomic E-state index is 0.463. The Labute approximate surface area is 40.6 Å². The van der Waals surface area contributed by atoms with E-state index in [9.17, 15) is 0 Å². The zero-order valence-electron chi connectivity index (χ0n) is 4.36. The van der Waals surface area contributed by atoms with Crippen molar-refractivity contribution in [3.8, 4) is 0 Å². The Morgan fingerprint density at radius 1 is 1.83 bits per heavy atom. The minimum Gasteiger partial charge on any atom is -0.364 e. The van der Waals surface area contributed by atoms with E-state index in [-0.39, 0.29) is 0 Å². The topological polar surface area (TPSA) is 12.0 Å². The Bertz CT molecular complexity index is 26.7. The molecule has 1 atom stereocenters. The molecule has 0 aliphatic rings. The number of rotatable bonds is 2. The predicted molar refractivity (Wildman–Crippen MR) is 28.6 cm³/mol. The summed E-state index contributed by atoms with van der Waals surface area (Å²) in [7, 11) is 5.03. The first-order valence-corrected chi connectivity index (χ1v) is 2.27. The molecule has 0 saturated heterocycles. The first kappa shape index (κ1) is 6.02. The first-order valence-electron chi connectivity index (χ1n) is 2.27. The molecule has 0 heterocycles. The van der Waals surface area contributed by atoms with E-state index >= 15 is 0 Å². The van der Waals surface area contributed by atoms with Crippen LogP contribution in [0, 0.1) is 0 Å². The second-order valence-corrected chi connectivity index (χ2v) is 1.48. The van der Waals surface area contributed by atoms with Gasteiger partial charge in [0, 0.05) is 0 Å². The summed E-state index contributed by atoms with van der Waals surface area (Å²) in [6, 6.07) is 0.463. The second-order valence-electron chi connectivity index (χ2n) is 1.48. The van der Waals surface area contributed by atoms with Crippen molar-refractivity contribution < 1.29 is 0 Å². The van der Waals surface area contributed by atoms with Crippen LogP contribution < -0.4 is 5.23 Å². The van der Waals surface area contributed by atoms with Crippen LogP contribution in [-0.2, 0) is 0 Å². The Kier molecular flexibility index (Phi) is 3.24. The van der Waals surface area contributed by atoms with Crippen molar-refractivity contribution in [2.24, 2.45) is 0 Å². The van der Waals surface area contributed by atoms with Gasteiger partial charge in [0.2, 0.25) is 0 Å². The van der Waals surface area contributed by atoms with Crippen LogP contribution in [0.2, 0.25) is 0 Å². The van der Waals surface area contributed by atoms with Gasteiger partial charge in [0.15, 0.2) is 7.98 Å². The van der Waals surface area contributed by atoms with Crippen molar-refractivity contribution in [2.45, 2.75) is 26.3 Å². The van der Waals surface area contributed by atoms with Crippen LogP contribution in [0.4, 0.5) is 0 Å². The number of hydrogen-bond acceptors (Lipinski definition) is 1. The zero-order chi connectivity index (χ0) is 4.99. The normalized spacial score (nSPS) is 14.3. The average Bonchev–Trinajstić information content (AvgIpc) is 1.65. The van der Waals surface area contributed by atoms with Gasteiger partial charge in [0.25, 0.3) is 0 Å². The van der Waals surface area contributed by atoms with Gasteiger partial charge in [-0.15, -0.1) is 0 Å². The van der Waals surface area contributed by atoms with Gasteiger partial charge >= 0.3 is 0 Å². The van der Waals surface area contributed by atoms with Gasteiger partial charge in [-0.25, -0.2) is 0 Å². The van der Waals surface area contributed by atoms with E-state index in [0.717, 1.165) is 6.42 Å². The summed E-state index contributed by atoms with van der Waals surface area (Å²) >= 11 is 0. The fourth-order valence-corrected chi connectivity index (χ4v) is 0.118. The van der Waals surface area contributed by atoms with Crippen LogP contribution in [0.25, 0.3) is 0 Å². The molecule has 1 unspecified atom stereocenters. The van der Waals surface area contributed by atoms with E-state index in [1.54, 1.807) is 0 Å². The first-order chi connectivity index (χ1) is 2.81. The van der Waals surface area contributed by atoms with Crippen LogP contribution in [0.5, 0.6) is 0 Å². The van der Waals surface area contributed by atoms with Crippen molar-refractivity contribution in [1.29, 1.82) is 0 Å². The van der Waals surface area contributed by atoms with E-state index in [0.29, 0.717) is 6.04 Å². The lowest BCUT2D eigenvalue weighted by Crippen LogP contribution is -2.20. The van der Waals surface area contributed by atoms with Crippen LogP contribution >= 0.6 is 0 Å². The smallest absolute Gasteiger partial charge is 0.178 e. The summed E-state index contributed by atoms with van der Waals surface area (Å²) in [5.41, 5.74) is 0. The molecule has 1 nitrogen and oxygen atoms in total. The molecule has 0 spiro atoms. The largest absolute Gasteiger partial charge is 0.364 e. The quantitative estimate of drug-likeness (QED) is 0.478. The van der Waals surface area contributed by atoms with Gasteiger partial charge in [-0.05, 0) is 12.5 Å². The fraction of sp³-hybridized carbons (Fsp3) is 1.00. The predicted octanol–water partition coefficient (Wildman–Crippen LogP) is 0.458. The molecule has 0 rings (SSSR count). The third-order valence-electron chi connectivity index (χ3n) is 0.897. The molecule has 0 aromatic rings. The Morgan fingerprint density at radius 3 is 2.33 bits per heavy atom. The maximum Gasteiger partial charge on any atom is 0.178 e. The van der Waals surface area contributed by atoms with Gasteiger partial charge in [-0.1, -0.05) is 13.8 Å². The van der Waals surface area contributed by atoms with Crippen LogP contribution in [-0.4, -0.2) is 14.0 Å². The van der Waals surface area contributed by atoms with Gasteiger partial charge in [-0.2, -0.15) is 0 Å². The fourth-order valence-electron chi connectivity index (χ4n) is 0.118. The van der Waals surface area contributed by atoms with E-state index in [1.807, 2.05) is 6.92 Å². The lowest BCUT2D eigenvalue weighted by atomic mass is 10.2. The molecule has 0 aromatic heterocycles. The molecule has 0 aromatic carbocycles. The van der Waals surface area contributed by atoms with E-state index in [1.165, 1.54) is 0 Å². The molecular weight excluding hydrogens is 72.9 g/mol. The average molecular weight is 82.9 g/mol. The Morgan fingerprint density at radius 2 is 2.33 bits per heavy atom. The van der Waals surface area contributed by atoms with Gasteiger partial charge in [0.05, 0.1) is 0 Å². The minimum absolute atomic E-state index is 0.463. The van der Waals surface area contributed by atoms with E-state index < -0.39 is 0 Å². The summed E-state index contributed by atoms with van der Waals surface area (Å²) in [6.45, 7) is 4.13.